The second kappa shape index (κ2) is 19.5. The van der Waals surface area contributed by atoms with Crippen molar-refractivity contribution in [3.05, 3.63) is 0 Å². The monoisotopic (exact) mass is 378 g/mol. The van der Waals surface area contributed by atoms with Crippen LogP contribution < -0.4 is 0 Å². The molecule has 23 heavy (non-hydrogen) atoms. The van der Waals surface area contributed by atoms with Gasteiger partial charge in [-0.05, 0) is 6.42 Å². The molecule has 0 unspecified atom stereocenters. The standard InChI is InChI=1S/C17H36O4S.Ca.2H/c1-2-3-4-5-6-7-8-9-10-11-12-13-14-15-16-17-21-22(18,19)20;;;/h2-17H2,1H3,(H,18,19,20);;;. The zero-order valence-electron chi connectivity index (χ0n) is 14.4. The molecule has 0 amide bonds. The first-order valence-electron chi connectivity index (χ1n) is 9.18. The van der Waals surface area contributed by atoms with Gasteiger partial charge in [-0.1, -0.05) is 96.8 Å². The fourth-order valence-electron chi connectivity index (χ4n) is 2.64. The van der Waals surface area contributed by atoms with Crippen molar-refractivity contribution >= 4 is 48.1 Å². The van der Waals surface area contributed by atoms with Crippen molar-refractivity contribution in [3.8, 4) is 0 Å². The van der Waals surface area contributed by atoms with Gasteiger partial charge in [-0.2, -0.15) is 8.42 Å². The van der Waals surface area contributed by atoms with Gasteiger partial charge < -0.3 is 0 Å². The minimum absolute atomic E-state index is 0. The predicted octanol–water partition coefficient (Wildman–Crippen LogP) is 4.76. The molecule has 0 aliphatic rings. The predicted molar refractivity (Wildman–Crippen MR) is 101 cm³/mol. The molecule has 0 bridgehead atoms. The molecular formula is C17H38CaO4S. The van der Waals surface area contributed by atoms with Crippen LogP contribution in [-0.4, -0.2) is 57.3 Å². The van der Waals surface area contributed by atoms with E-state index in [1.807, 2.05) is 0 Å². The van der Waals surface area contributed by atoms with Gasteiger partial charge in [-0.25, -0.2) is 4.18 Å². The van der Waals surface area contributed by atoms with Gasteiger partial charge in [-0.3, -0.25) is 4.55 Å². The third-order valence-electron chi connectivity index (χ3n) is 3.98. The molecule has 6 heteroatoms. The summed E-state index contributed by atoms with van der Waals surface area (Å²) in [7, 11) is -4.24. The number of hydrogen-bond acceptors (Lipinski definition) is 3. The molecule has 0 aliphatic carbocycles. The first-order chi connectivity index (χ1) is 10.6. The molecule has 0 fully saturated rings. The third-order valence-corrected chi connectivity index (χ3v) is 4.44. The van der Waals surface area contributed by atoms with Crippen molar-refractivity contribution in [1.82, 2.24) is 0 Å². The van der Waals surface area contributed by atoms with E-state index in [2.05, 4.69) is 11.1 Å². The normalized spacial score (nSPS) is 11.4. The first kappa shape index (κ1) is 26.4. The average Bonchev–Trinajstić information content (AvgIpc) is 2.45. The van der Waals surface area contributed by atoms with Gasteiger partial charge in [0.1, 0.15) is 0 Å². The minimum atomic E-state index is -4.24. The van der Waals surface area contributed by atoms with Crippen LogP contribution in [0.3, 0.4) is 0 Å². The molecule has 0 saturated carbocycles. The molecule has 0 aromatic rings. The van der Waals surface area contributed by atoms with Crippen LogP contribution in [0, 0.1) is 0 Å². The van der Waals surface area contributed by atoms with E-state index < -0.39 is 10.4 Å². The topological polar surface area (TPSA) is 63.6 Å². The van der Waals surface area contributed by atoms with E-state index in [1.165, 1.54) is 77.0 Å². The van der Waals surface area contributed by atoms with Gasteiger partial charge in [0.25, 0.3) is 0 Å². The number of unbranched alkanes of at least 4 members (excludes halogenated alkanes) is 14. The maximum absolute atomic E-state index is 10.3. The molecule has 0 atom stereocenters. The SMILES string of the molecule is CCCCCCCCCCCCCCCCCOS(=O)(=O)O.[CaH2]. The summed E-state index contributed by atoms with van der Waals surface area (Å²) in [5, 5.41) is 0. The summed E-state index contributed by atoms with van der Waals surface area (Å²) in [6, 6.07) is 0. The summed E-state index contributed by atoms with van der Waals surface area (Å²) in [6.07, 6.45) is 19.0. The quantitative estimate of drug-likeness (QED) is 0.225. The summed E-state index contributed by atoms with van der Waals surface area (Å²) in [5.41, 5.74) is 0. The van der Waals surface area contributed by atoms with Crippen molar-refractivity contribution in [2.24, 2.45) is 0 Å². The van der Waals surface area contributed by atoms with Crippen molar-refractivity contribution in [3.63, 3.8) is 0 Å². The molecule has 0 spiro atoms. The molecule has 1 N–H and O–H groups in total. The van der Waals surface area contributed by atoms with Crippen LogP contribution in [0.15, 0.2) is 0 Å². The van der Waals surface area contributed by atoms with Gasteiger partial charge in [-0.15, -0.1) is 0 Å². The molecular weight excluding hydrogens is 340 g/mol. The Morgan fingerprint density at radius 2 is 0.957 bits per heavy atom. The fourth-order valence-corrected chi connectivity index (χ4v) is 2.97. The van der Waals surface area contributed by atoms with E-state index in [0.717, 1.165) is 12.8 Å². The van der Waals surface area contributed by atoms with Crippen molar-refractivity contribution in [1.29, 1.82) is 0 Å². The average molecular weight is 379 g/mol. The van der Waals surface area contributed by atoms with E-state index in [1.54, 1.807) is 0 Å². The Bertz CT molecular complexity index is 321. The Labute approximate surface area is 174 Å². The van der Waals surface area contributed by atoms with Gasteiger partial charge in [0.2, 0.25) is 0 Å². The van der Waals surface area contributed by atoms with Gasteiger partial charge >= 0.3 is 48.1 Å². The van der Waals surface area contributed by atoms with Crippen LogP contribution in [0.1, 0.15) is 103 Å². The summed E-state index contributed by atoms with van der Waals surface area (Å²) < 4.78 is 33.3. The van der Waals surface area contributed by atoms with E-state index in [9.17, 15) is 8.42 Å². The first-order valence-corrected chi connectivity index (χ1v) is 10.5. The molecule has 138 valence electrons. The zero-order chi connectivity index (χ0) is 16.5. The van der Waals surface area contributed by atoms with Crippen LogP contribution in [0.4, 0.5) is 0 Å². The number of rotatable bonds is 17. The molecule has 0 saturated heterocycles. The van der Waals surface area contributed by atoms with Crippen LogP contribution in [0.5, 0.6) is 0 Å². The molecule has 0 rings (SSSR count). The van der Waals surface area contributed by atoms with Crippen LogP contribution in [0.2, 0.25) is 0 Å². The van der Waals surface area contributed by atoms with Crippen LogP contribution in [0.25, 0.3) is 0 Å². The Morgan fingerprint density at radius 3 is 1.26 bits per heavy atom. The second-order valence-electron chi connectivity index (χ2n) is 6.20. The molecule has 0 aromatic heterocycles. The molecule has 0 heterocycles. The Hall–Kier alpha value is 1.13. The zero-order valence-corrected chi connectivity index (χ0v) is 15.2. The van der Waals surface area contributed by atoms with Crippen molar-refractivity contribution in [2.75, 3.05) is 6.61 Å². The van der Waals surface area contributed by atoms with Crippen LogP contribution in [-0.2, 0) is 14.6 Å². The molecule has 0 aromatic carbocycles. The van der Waals surface area contributed by atoms with Gasteiger partial charge in [0.15, 0.2) is 0 Å². The van der Waals surface area contributed by atoms with E-state index in [-0.39, 0.29) is 44.3 Å². The van der Waals surface area contributed by atoms with E-state index in [4.69, 9.17) is 4.55 Å². The summed E-state index contributed by atoms with van der Waals surface area (Å²) in [6.45, 7) is 2.35. The van der Waals surface area contributed by atoms with Gasteiger partial charge in [0, 0.05) is 0 Å². The second-order valence-corrected chi connectivity index (χ2v) is 7.29. The molecule has 4 nitrogen and oxygen atoms in total. The van der Waals surface area contributed by atoms with Gasteiger partial charge in [0.05, 0.1) is 6.61 Å². The summed E-state index contributed by atoms with van der Waals surface area (Å²) in [5.74, 6) is 0. The fraction of sp³-hybridized carbons (Fsp3) is 1.00. The van der Waals surface area contributed by atoms with E-state index in [0.29, 0.717) is 6.42 Å². The number of hydrogen-bond donors (Lipinski definition) is 1. The third kappa shape index (κ3) is 25.5. The molecule has 0 radical (unpaired) electrons. The summed E-state index contributed by atoms with van der Waals surface area (Å²) >= 11 is 0. The maximum atomic E-state index is 10.3. The Balaban J connectivity index is 0. The van der Waals surface area contributed by atoms with Crippen molar-refractivity contribution in [2.45, 2.75) is 103 Å². The Kier molecular flexibility index (Phi) is 22.3. The molecule has 0 aliphatic heterocycles. The Morgan fingerprint density at radius 1 is 0.652 bits per heavy atom. The van der Waals surface area contributed by atoms with E-state index >= 15 is 0 Å². The summed E-state index contributed by atoms with van der Waals surface area (Å²) in [4.78, 5) is 0. The van der Waals surface area contributed by atoms with Crippen molar-refractivity contribution < 1.29 is 17.2 Å². The van der Waals surface area contributed by atoms with Crippen LogP contribution >= 0.6 is 0 Å².